The fourth-order valence-electron chi connectivity index (χ4n) is 3.60. The Kier molecular flexibility index (Phi) is 6.09. The number of rotatable bonds is 6. The van der Waals surface area contributed by atoms with Crippen molar-refractivity contribution in [3.05, 3.63) is 76.2 Å². The lowest BCUT2D eigenvalue weighted by Crippen LogP contribution is -2.30. The third-order valence-electron chi connectivity index (χ3n) is 5.07. The monoisotopic (exact) mass is 445 g/mol. The van der Waals surface area contributed by atoms with E-state index in [2.05, 4.69) is 22.1 Å². The summed E-state index contributed by atoms with van der Waals surface area (Å²) in [6.45, 7) is 3.03. The zero-order valence-electron chi connectivity index (χ0n) is 15.9. The van der Waals surface area contributed by atoms with Gasteiger partial charge in [0.15, 0.2) is 5.11 Å². The molecule has 0 amide bonds. The van der Waals surface area contributed by atoms with Crippen molar-refractivity contribution in [2.45, 2.75) is 31.8 Å². The second kappa shape index (κ2) is 8.74. The second-order valence-electron chi connectivity index (χ2n) is 7.00. The van der Waals surface area contributed by atoms with Crippen LogP contribution in [0.15, 0.2) is 59.1 Å². The summed E-state index contributed by atoms with van der Waals surface area (Å²) in [4.78, 5) is 6.75. The van der Waals surface area contributed by atoms with Gasteiger partial charge >= 0.3 is 0 Å². The molecule has 0 spiro atoms. The summed E-state index contributed by atoms with van der Waals surface area (Å²) in [5.74, 6) is 1.58. The van der Waals surface area contributed by atoms with Crippen LogP contribution in [0.1, 0.15) is 43.3 Å². The van der Waals surface area contributed by atoms with E-state index in [1.54, 1.807) is 12.3 Å². The molecule has 1 saturated heterocycles. The van der Waals surface area contributed by atoms with Crippen LogP contribution >= 0.6 is 35.4 Å². The van der Waals surface area contributed by atoms with Gasteiger partial charge in [-0.25, -0.2) is 0 Å². The second-order valence-corrected chi connectivity index (χ2v) is 8.21. The molecule has 0 aliphatic carbocycles. The predicted molar refractivity (Wildman–Crippen MR) is 121 cm³/mol. The minimum absolute atomic E-state index is 0.0690. The number of unbranched alkanes of at least 4 members (excludes halogenated alkanes) is 1. The molecule has 7 heteroatoms. The van der Waals surface area contributed by atoms with Gasteiger partial charge in [-0.3, -0.25) is 4.98 Å². The normalized spacial score (nSPS) is 18.9. The van der Waals surface area contributed by atoms with Crippen LogP contribution in [0, 0.1) is 0 Å². The largest absolute Gasteiger partial charge is 0.459 e. The first-order chi connectivity index (χ1) is 14.1. The van der Waals surface area contributed by atoms with Crippen LogP contribution in [-0.2, 0) is 0 Å². The van der Waals surface area contributed by atoms with Gasteiger partial charge in [-0.1, -0.05) is 42.6 Å². The first-order valence-electron chi connectivity index (χ1n) is 9.61. The van der Waals surface area contributed by atoms with E-state index in [1.807, 2.05) is 42.5 Å². The van der Waals surface area contributed by atoms with E-state index in [9.17, 15) is 0 Å². The number of pyridine rings is 1. The highest BCUT2D eigenvalue weighted by Crippen LogP contribution is 2.41. The molecule has 2 unspecified atom stereocenters. The lowest BCUT2D eigenvalue weighted by molar-refractivity contribution is 0.271. The Balaban J connectivity index is 1.71. The quantitative estimate of drug-likeness (QED) is 0.443. The molecule has 2 atom stereocenters. The van der Waals surface area contributed by atoms with Crippen molar-refractivity contribution in [3.8, 4) is 11.3 Å². The van der Waals surface area contributed by atoms with E-state index in [4.69, 9.17) is 39.8 Å². The molecule has 1 N–H and O–H groups in total. The third kappa shape index (κ3) is 4.13. The van der Waals surface area contributed by atoms with E-state index in [-0.39, 0.29) is 12.1 Å². The van der Waals surface area contributed by atoms with Gasteiger partial charge < -0.3 is 14.6 Å². The molecule has 3 aromatic rings. The van der Waals surface area contributed by atoms with Crippen molar-refractivity contribution in [2.75, 3.05) is 6.54 Å². The van der Waals surface area contributed by atoms with Crippen molar-refractivity contribution in [3.63, 3.8) is 0 Å². The number of aromatic nitrogens is 1. The topological polar surface area (TPSA) is 41.3 Å². The molecule has 1 aliphatic rings. The molecular formula is C22H21Cl2N3OS. The van der Waals surface area contributed by atoms with Crippen LogP contribution in [0.5, 0.6) is 0 Å². The predicted octanol–water partition coefficient (Wildman–Crippen LogP) is 6.42. The standard InChI is InChI=1S/C22H21Cl2N3OS/c1-2-3-12-27-21(20(26-22(27)29)17-6-4-5-11-25-17)19-10-9-18(28-19)14-7-8-15(23)16(24)13-14/h4-11,13,20-21H,2-3,12H2,1H3,(H,26,29). The van der Waals surface area contributed by atoms with Crippen LogP contribution in [0.3, 0.4) is 0 Å². The third-order valence-corrected chi connectivity index (χ3v) is 6.16. The summed E-state index contributed by atoms with van der Waals surface area (Å²) >= 11 is 17.9. The molecule has 2 aromatic heterocycles. The van der Waals surface area contributed by atoms with E-state index in [1.165, 1.54) is 0 Å². The summed E-state index contributed by atoms with van der Waals surface area (Å²) in [7, 11) is 0. The molecule has 3 heterocycles. The Labute approximate surface area is 185 Å². The van der Waals surface area contributed by atoms with Gasteiger partial charge in [-0.05, 0) is 61.1 Å². The number of benzene rings is 1. The molecule has 150 valence electrons. The Morgan fingerprint density at radius 1 is 1.14 bits per heavy atom. The molecule has 0 radical (unpaired) electrons. The lowest BCUT2D eigenvalue weighted by Gasteiger charge is -2.25. The Morgan fingerprint density at radius 3 is 2.72 bits per heavy atom. The lowest BCUT2D eigenvalue weighted by atomic mass is 10.0. The average Bonchev–Trinajstić information content (AvgIpc) is 3.34. The van der Waals surface area contributed by atoms with Crippen LogP contribution < -0.4 is 5.32 Å². The number of furan rings is 1. The minimum atomic E-state index is -0.0756. The Morgan fingerprint density at radius 2 is 2.00 bits per heavy atom. The number of nitrogens with one attached hydrogen (secondary N) is 1. The maximum atomic E-state index is 6.29. The number of halogens is 2. The van der Waals surface area contributed by atoms with Crippen LogP contribution in [0.2, 0.25) is 10.0 Å². The highest BCUT2D eigenvalue weighted by atomic mass is 35.5. The van der Waals surface area contributed by atoms with Crippen molar-refractivity contribution >= 4 is 40.5 Å². The molecule has 1 aliphatic heterocycles. The highest BCUT2D eigenvalue weighted by Gasteiger charge is 2.41. The number of hydrogen-bond donors (Lipinski definition) is 1. The van der Waals surface area contributed by atoms with E-state index < -0.39 is 0 Å². The fourth-order valence-corrected chi connectivity index (χ4v) is 4.23. The number of thiocarbonyl (C=S) groups is 1. The van der Waals surface area contributed by atoms with E-state index >= 15 is 0 Å². The molecule has 1 aromatic carbocycles. The first-order valence-corrected chi connectivity index (χ1v) is 10.8. The number of hydrogen-bond acceptors (Lipinski definition) is 3. The van der Waals surface area contributed by atoms with Crippen molar-refractivity contribution in [1.82, 2.24) is 15.2 Å². The van der Waals surface area contributed by atoms with Gasteiger partial charge in [0.1, 0.15) is 17.6 Å². The minimum Gasteiger partial charge on any atom is -0.459 e. The van der Waals surface area contributed by atoms with Crippen LogP contribution in [0.4, 0.5) is 0 Å². The summed E-state index contributed by atoms with van der Waals surface area (Å²) in [6.07, 6.45) is 3.94. The van der Waals surface area contributed by atoms with Crippen molar-refractivity contribution in [2.24, 2.45) is 0 Å². The molecule has 4 rings (SSSR count). The van der Waals surface area contributed by atoms with Gasteiger partial charge in [0, 0.05) is 18.3 Å². The highest BCUT2D eigenvalue weighted by molar-refractivity contribution is 7.80. The van der Waals surface area contributed by atoms with Crippen molar-refractivity contribution < 1.29 is 4.42 Å². The summed E-state index contributed by atoms with van der Waals surface area (Å²) in [6, 6.07) is 15.2. The van der Waals surface area contributed by atoms with E-state index in [0.29, 0.717) is 10.0 Å². The van der Waals surface area contributed by atoms with E-state index in [0.717, 1.165) is 47.3 Å². The summed E-state index contributed by atoms with van der Waals surface area (Å²) < 4.78 is 6.29. The van der Waals surface area contributed by atoms with Gasteiger partial charge in [-0.2, -0.15) is 0 Å². The molecule has 4 nitrogen and oxygen atoms in total. The zero-order chi connectivity index (χ0) is 20.4. The smallest absolute Gasteiger partial charge is 0.170 e. The fraction of sp³-hybridized carbons (Fsp3) is 0.273. The maximum Gasteiger partial charge on any atom is 0.170 e. The van der Waals surface area contributed by atoms with Gasteiger partial charge in [-0.15, -0.1) is 0 Å². The van der Waals surface area contributed by atoms with Gasteiger partial charge in [0.2, 0.25) is 0 Å². The average molecular weight is 446 g/mol. The SMILES string of the molecule is CCCCN1C(=S)NC(c2ccccn2)C1c1ccc(-c2ccc(Cl)c(Cl)c2)o1. The first kappa shape index (κ1) is 20.2. The van der Waals surface area contributed by atoms with Gasteiger partial charge in [0.25, 0.3) is 0 Å². The molecule has 0 saturated carbocycles. The Bertz CT molecular complexity index is 1010. The van der Waals surface area contributed by atoms with Crippen molar-refractivity contribution in [1.29, 1.82) is 0 Å². The molecule has 1 fully saturated rings. The molecule has 29 heavy (non-hydrogen) atoms. The van der Waals surface area contributed by atoms with Crippen LogP contribution in [-0.4, -0.2) is 21.5 Å². The van der Waals surface area contributed by atoms with Crippen LogP contribution in [0.25, 0.3) is 11.3 Å². The molecule has 0 bridgehead atoms. The Hall–Kier alpha value is -2.08. The molecular weight excluding hydrogens is 425 g/mol. The number of nitrogens with zero attached hydrogens (tertiary/aromatic N) is 2. The zero-order valence-corrected chi connectivity index (χ0v) is 18.3. The van der Waals surface area contributed by atoms with Gasteiger partial charge in [0.05, 0.1) is 21.8 Å². The summed E-state index contributed by atoms with van der Waals surface area (Å²) in [5.41, 5.74) is 1.82. The maximum absolute atomic E-state index is 6.29. The summed E-state index contributed by atoms with van der Waals surface area (Å²) in [5, 5.41) is 5.19.